The summed E-state index contributed by atoms with van der Waals surface area (Å²) in [6.45, 7) is 16.8. The zero-order chi connectivity index (χ0) is 33.4. The van der Waals surface area contributed by atoms with Crippen LogP contribution < -0.4 is 9.47 Å². The van der Waals surface area contributed by atoms with Crippen molar-refractivity contribution in [3.05, 3.63) is 111 Å². The quantitative estimate of drug-likeness (QED) is 0.0618. The first-order chi connectivity index (χ1) is 23.0. The third kappa shape index (κ3) is 10.2. The average molecular weight is 661 g/mol. The highest BCUT2D eigenvalue weighted by Gasteiger charge is 2.16. The van der Waals surface area contributed by atoms with Gasteiger partial charge in [0.05, 0.1) is 37.1 Å². The second-order valence-corrected chi connectivity index (χ2v) is 11.4. The molecular weight excluding hydrogens is 618 g/mol. The molecule has 3 aromatic carbocycles. The van der Waals surface area contributed by atoms with Gasteiger partial charge < -0.3 is 18.9 Å². The minimum Gasteiger partial charge on any atom is -0.491 e. The number of unbranched alkanes of at least 4 members (excludes halogenated alkanes) is 4. The summed E-state index contributed by atoms with van der Waals surface area (Å²) in [7, 11) is 0. The van der Waals surface area contributed by atoms with Crippen molar-refractivity contribution < 1.29 is 27.7 Å². The van der Waals surface area contributed by atoms with E-state index in [-0.39, 0.29) is 23.7 Å². The second-order valence-electron chi connectivity index (χ2n) is 10.8. The van der Waals surface area contributed by atoms with Gasteiger partial charge in [0.1, 0.15) is 11.0 Å². The molecule has 0 bridgehead atoms. The van der Waals surface area contributed by atoms with Crippen LogP contribution in [-0.2, 0) is 9.47 Å². The Hall–Kier alpha value is -4.18. The summed E-state index contributed by atoms with van der Waals surface area (Å²) in [5.41, 5.74) is 4.01. The van der Waals surface area contributed by atoms with Gasteiger partial charge in [0.2, 0.25) is 0 Å². The van der Waals surface area contributed by atoms with Crippen molar-refractivity contribution in [3.8, 4) is 33.8 Å². The fourth-order valence-corrected chi connectivity index (χ4v) is 5.51. The van der Waals surface area contributed by atoms with E-state index in [4.69, 9.17) is 18.9 Å². The van der Waals surface area contributed by atoms with Gasteiger partial charge in [0, 0.05) is 24.3 Å². The Morgan fingerprint density at radius 2 is 0.979 bits per heavy atom. The number of fused-ring (bicyclic) bond motifs is 1. The molecule has 47 heavy (non-hydrogen) atoms. The Balaban J connectivity index is 1.32. The van der Waals surface area contributed by atoms with E-state index < -0.39 is 11.6 Å². The number of nitrogens with zero attached hydrogens (tertiary/aromatic N) is 2. The zero-order valence-corrected chi connectivity index (χ0v) is 27.5. The standard InChI is InChI=1S/C38H42F2N2O4S/c1-5-29(6-2)43-21-11-9-13-23-45-35-19-15-27(25-33(35)39)31-17-18-32(38-37(31)41-47-42-38)28-16-20-36(34(40)26-28)46-24-14-10-12-22-44-30(7-3)8-4/h5-8,15-20,25-26,29-30H,1-4,9-14,21-24H2. The fraction of sp³-hybridized carbons (Fsp3) is 0.316. The van der Waals surface area contributed by atoms with E-state index in [9.17, 15) is 0 Å². The van der Waals surface area contributed by atoms with Crippen LogP contribution in [0, 0.1) is 11.6 Å². The van der Waals surface area contributed by atoms with Gasteiger partial charge in [0.15, 0.2) is 23.1 Å². The van der Waals surface area contributed by atoms with Gasteiger partial charge in [0.25, 0.3) is 0 Å². The molecule has 248 valence electrons. The van der Waals surface area contributed by atoms with Crippen molar-refractivity contribution in [2.75, 3.05) is 26.4 Å². The first kappa shape index (κ1) is 35.7. The molecule has 0 radical (unpaired) electrons. The topological polar surface area (TPSA) is 62.7 Å². The van der Waals surface area contributed by atoms with E-state index >= 15 is 8.78 Å². The molecule has 0 saturated carbocycles. The molecule has 0 atom stereocenters. The molecule has 4 rings (SSSR count). The van der Waals surface area contributed by atoms with E-state index in [1.165, 1.54) is 12.1 Å². The largest absolute Gasteiger partial charge is 0.491 e. The predicted octanol–water partition coefficient (Wildman–Crippen LogP) is 9.92. The Morgan fingerprint density at radius 1 is 0.574 bits per heavy atom. The maximum Gasteiger partial charge on any atom is 0.165 e. The lowest BCUT2D eigenvalue weighted by atomic mass is 9.97. The van der Waals surface area contributed by atoms with E-state index in [0.29, 0.717) is 48.6 Å². The molecular formula is C38H42F2N2O4S. The maximum absolute atomic E-state index is 15.0. The predicted molar refractivity (Wildman–Crippen MR) is 187 cm³/mol. The summed E-state index contributed by atoms with van der Waals surface area (Å²) in [5, 5.41) is 0. The minimum atomic E-state index is -0.453. The van der Waals surface area contributed by atoms with Crippen molar-refractivity contribution in [1.82, 2.24) is 8.75 Å². The monoisotopic (exact) mass is 660 g/mol. The summed E-state index contributed by atoms with van der Waals surface area (Å²) in [5.74, 6) is -0.508. The molecule has 9 heteroatoms. The molecule has 4 aromatic rings. The Labute approximate surface area is 280 Å². The lowest BCUT2D eigenvalue weighted by molar-refractivity contribution is 0.111. The Morgan fingerprint density at radius 3 is 1.36 bits per heavy atom. The van der Waals surface area contributed by atoms with Crippen LogP contribution in [0.4, 0.5) is 8.78 Å². The molecule has 0 aliphatic carbocycles. The molecule has 1 heterocycles. The lowest BCUT2D eigenvalue weighted by Crippen LogP contribution is -2.07. The fourth-order valence-electron chi connectivity index (χ4n) is 4.93. The van der Waals surface area contributed by atoms with E-state index in [0.717, 1.165) is 61.4 Å². The SMILES string of the molecule is C=CC(C=C)OCCCCCOc1ccc(-c2ccc(-c3ccc(OCCCCCOC(C=C)C=C)c(F)c3)c3nsnc23)cc1F. The molecule has 0 aliphatic rings. The van der Waals surface area contributed by atoms with Crippen LogP contribution in [0.2, 0.25) is 0 Å². The third-order valence-electron chi connectivity index (χ3n) is 7.54. The van der Waals surface area contributed by atoms with Gasteiger partial charge in [-0.1, -0.05) is 48.6 Å². The molecule has 0 N–H and O–H groups in total. The molecule has 6 nitrogen and oxygen atoms in total. The number of halogens is 2. The molecule has 0 spiro atoms. The van der Waals surface area contributed by atoms with E-state index in [2.05, 4.69) is 35.1 Å². The van der Waals surface area contributed by atoms with Crippen LogP contribution in [0.15, 0.2) is 99.2 Å². The Bertz CT molecular complexity index is 1510. The number of benzene rings is 3. The smallest absolute Gasteiger partial charge is 0.165 e. The van der Waals surface area contributed by atoms with Crippen LogP contribution in [0.25, 0.3) is 33.3 Å². The maximum atomic E-state index is 15.0. The summed E-state index contributed by atoms with van der Waals surface area (Å²) in [6.07, 6.45) is 11.6. The van der Waals surface area contributed by atoms with Crippen molar-refractivity contribution in [2.45, 2.75) is 50.7 Å². The summed E-state index contributed by atoms with van der Waals surface area (Å²) >= 11 is 1.06. The highest BCUT2D eigenvalue weighted by Crippen LogP contribution is 2.37. The normalized spacial score (nSPS) is 11.2. The summed E-state index contributed by atoms with van der Waals surface area (Å²) in [4.78, 5) is 0. The van der Waals surface area contributed by atoms with Crippen LogP contribution in [0.3, 0.4) is 0 Å². The first-order valence-electron chi connectivity index (χ1n) is 15.8. The van der Waals surface area contributed by atoms with Gasteiger partial charge in [-0.15, -0.1) is 26.3 Å². The highest BCUT2D eigenvalue weighted by atomic mass is 32.1. The zero-order valence-electron chi connectivity index (χ0n) is 26.7. The van der Waals surface area contributed by atoms with Gasteiger partial charge in [-0.25, -0.2) is 8.78 Å². The summed E-state index contributed by atoms with van der Waals surface area (Å²) < 4.78 is 61.7. The number of aromatic nitrogens is 2. The van der Waals surface area contributed by atoms with Gasteiger partial charge in [-0.2, -0.15) is 8.75 Å². The number of hydrogen-bond acceptors (Lipinski definition) is 7. The molecule has 1 aromatic heterocycles. The van der Waals surface area contributed by atoms with Crippen molar-refractivity contribution in [3.63, 3.8) is 0 Å². The van der Waals surface area contributed by atoms with Crippen LogP contribution >= 0.6 is 11.7 Å². The molecule has 0 fully saturated rings. The van der Waals surface area contributed by atoms with Crippen LogP contribution in [0.1, 0.15) is 38.5 Å². The summed E-state index contributed by atoms with van der Waals surface area (Å²) in [6, 6.07) is 13.5. The van der Waals surface area contributed by atoms with E-state index in [1.807, 2.05) is 24.3 Å². The first-order valence-corrected chi connectivity index (χ1v) is 16.6. The Kier molecular flexibility index (Phi) is 14.3. The van der Waals surface area contributed by atoms with Crippen molar-refractivity contribution in [1.29, 1.82) is 0 Å². The van der Waals surface area contributed by atoms with Crippen LogP contribution in [0.5, 0.6) is 11.5 Å². The average Bonchev–Trinajstić information content (AvgIpc) is 3.58. The third-order valence-corrected chi connectivity index (χ3v) is 8.07. The molecule has 0 aliphatic heterocycles. The van der Waals surface area contributed by atoms with Crippen molar-refractivity contribution in [2.24, 2.45) is 0 Å². The van der Waals surface area contributed by atoms with E-state index in [1.54, 1.807) is 36.4 Å². The molecule has 0 amide bonds. The number of ether oxygens (including phenoxy) is 4. The van der Waals surface area contributed by atoms with Gasteiger partial charge in [-0.05, 0) is 73.9 Å². The highest BCUT2D eigenvalue weighted by molar-refractivity contribution is 7.00. The lowest BCUT2D eigenvalue weighted by Gasteiger charge is -2.12. The molecule has 0 unspecified atom stereocenters. The van der Waals surface area contributed by atoms with Gasteiger partial charge in [-0.3, -0.25) is 0 Å². The molecule has 0 saturated heterocycles. The second kappa shape index (κ2) is 18.8. The van der Waals surface area contributed by atoms with Crippen molar-refractivity contribution >= 4 is 22.8 Å². The minimum absolute atomic E-state index is 0.141. The van der Waals surface area contributed by atoms with Gasteiger partial charge >= 0.3 is 0 Å². The number of hydrogen-bond donors (Lipinski definition) is 0. The van der Waals surface area contributed by atoms with Crippen LogP contribution in [-0.4, -0.2) is 47.4 Å². The number of rotatable bonds is 22.